The fourth-order valence-corrected chi connectivity index (χ4v) is 2.53. The molecule has 0 fully saturated rings. The first kappa shape index (κ1) is 16.3. The number of nitrogens with zero attached hydrogens (tertiary/aromatic N) is 2. The summed E-state index contributed by atoms with van der Waals surface area (Å²) in [5, 5.41) is 14.1. The summed E-state index contributed by atoms with van der Waals surface area (Å²) in [7, 11) is 0. The Morgan fingerprint density at radius 1 is 1.41 bits per heavy atom. The van der Waals surface area contributed by atoms with Crippen molar-refractivity contribution in [2.45, 2.75) is 33.3 Å². The fraction of sp³-hybridized carbons (Fsp3) is 0.412. The van der Waals surface area contributed by atoms with Gasteiger partial charge in [-0.3, -0.25) is 0 Å². The van der Waals surface area contributed by atoms with Gasteiger partial charge in [-0.05, 0) is 24.0 Å². The Morgan fingerprint density at radius 3 is 3.00 bits per heavy atom. The van der Waals surface area contributed by atoms with Crippen molar-refractivity contribution in [1.82, 2.24) is 4.98 Å². The highest BCUT2D eigenvalue weighted by molar-refractivity contribution is 7.07. The number of ether oxygens (including phenoxy) is 1. The molecule has 0 bridgehead atoms. The van der Waals surface area contributed by atoms with Gasteiger partial charge in [-0.2, -0.15) is 5.26 Å². The number of benzene rings is 1. The van der Waals surface area contributed by atoms with Gasteiger partial charge in [0.1, 0.15) is 12.4 Å². The first-order valence-corrected chi connectivity index (χ1v) is 8.24. The van der Waals surface area contributed by atoms with Crippen LogP contribution in [-0.2, 0) is 6.61 Å². The molecule has 1 aromatic heterocycles. The minimum atomic E-state index is 0.0905. The second-order valence-electron chi connectivity index (χ2n) is 5.97. The van der Waals surface area contributed by atoms with Crippen molar-refractivity contribution in [1.29, 1.82) is 5.26 Å². The summed E-state index contributed by atoms with van der Waals surface area (Å²) in [4.78, 5) is 4.20. The van der Waals surface area contributed by atoms with E-state index in [9.17, 15) is 0 Å². The molecule has 4 nitrogen and oxygen atoms in total. The van der Waals surface area contributed by atoms with Gasteiger partial charge < -0.3 is 10.1 Å². The Bertz CT molecular complexity index is 617. The highest BCUT2D eigenvalue weighted by Crippen LogP contribution is 2.24. The van der Waals surface area contributed by atoms with E-state index in [4.69, 9.17) is 10.00 Å². The zero-order valence-electron chi connectivity index (χ0n) is 13.0. The molecule has 0 aliphatic rings. The van der Waals surface area contributed by atoms with E-state index in [2.05, 4.69) is 30.2 Å². The van der Waals surface area contributed by atoms with E-state index in [1.165, 1.54) is 0 Å². The van der Waals surface area contributed by atoms with Crippen LogP contribution >= 0.6 is 11.3 Å². The Morgan fingerprint density at radius 2 is 2.27 bits per heavy atom. The average molecular weight is 315 g/mol. The van der Waals surface area contributed by atoms with Crippen molar-refractivity contribution in [2.75, 3.05) is 11.9 Å². The van der Waals surface area contributed by atoms with Crippen molar-refractivity contribution in [3.8, 4) is 11.8 Å². The molecule has 0 aliphatic carbocycles. The summed E-state index contributed by atoms with van der Waals surface area (Å²) in [5.41, 5.74) is 3.87. The Kier molecular flexibility index (Phi) is 5.79. The lowest BCUT2D eigenvalue weighted by atomic mass is 9.88. The smallest absolute Gasteiger partial charge is 0.131 e. The molecular formula is C17H21N3OS. The summed E-state index contributed by atoms with van der Waals surface area (Å²) in [6.45, 7) is 5.64. The van der Waals surface area contributed by atoms with Crippen LogP contribution in [0.1, 0.15) is 32.4 Å². The van der Waals surface area contributed by atoms with Crippen LogP contribution in [0.2, 0.25) is 0 Å². The molecule has 0 radical (unpaired) electrons. The number of nitrogens with one attached hydrogen (secondary N) is 1. The van der Waals surface area contributed by atoms with E-state index in [1.54, 1.807) is 16.8 Å². The van der Waals surface area contributed by atoms with Crippen molar-refractivity contribution < 1.29 is 4.74 Å². The molecule has 1 heterocycles. The highest BCUT2D eigenvalue weighted by atomic mass is 32.1. The maximum absolute atomic E-state index is 8.70. The van der Waals surface area contributed by atoms with Gasteiger partial charge in [0.25, 0.3) is 0 Å². The van der Waals surface area contributed by atoms with Crippen molar-refractivity contribution in [2.24, 2.45) is 5.41 Å². The third kappa shape index (κ3) is 5.38. The fourth-order valence-electron chi connectivity index (χ4n) is 1.99. The largest absolute Gasteiger partial charge is 0.487 e. The molecule has 0 saturated heterocycles. The molecule has 1 N–H and O–H groups in total. The van der Waals surface area contributed by atoms with Crippen LogP contribution in [0.15, 0.2) is 35.2 Å². The van der Waals surface area contributed by atoms with Crippen LogP contribution < -0.4 is 10.1 Å². The molecule has 0 spiro atoms. The van der Waals surface area contributed by atoms with Gasteiger partial charge in [-0.25, -0.2) is 4.98 Å². The summed E-state index contributed by atoms with van der Waals surface area (Å²) in [5.74, 6) is 0.827. The van der Waals surface area contributed by atoms with E-state index in [1.807, 2.05) is 29.6 Å². The predicted molar refractivity (Wildman–Crippen MR) is 90.0 cm³/mol. The number of aromatic nitrogens is 1. The monoisotopic (exact) mass is 315 g/mol. The minimum absolute atomic E-state index is 0.0905. The van der Waals surface area contributed by atoms with E-state index in [0.717, 1.165) is 30.1 Å². The average Bonchev–Trinajstić information content (AvgIpc) is 3.03. The third-order valence-corrected chi connectivity index (χ3v) is 4.02. The molecule has 0 amide bonds. The van der Waals surface area contributed by atoms with Crippen LogP contribution in [0.25, 0.3) is 0 Å². The molecule has 2 aromatic rings. The van der Waals surface area contributed by atoms with Gasteiger partial charge in [-0.1, -0.05) is 19.9 Å². The molecule has 0 saturated carbocycles. The Labute approximate surface area is 135 Å². The number of anilines is 1. The van der Waals surface area contributed by atoms with Crippen LogP contribution in [-0.4, -0.2) is 11.5 Å². The van der Waals surface area contributed by atoms with Gasteiger partial charge in [0.15, 0.2) is 0 Å². The second kappa shape index (κ2) is 7.81. The van der Waals surface area contributed by atoms with E-state index in [-0.39, 0.29) is 5.41 Å². The lowest BCUT2D eigenvalue weighted by molar-refractivity contribution is 0.302. The van der Waals surface area contributed by atoms with Crippen molar-refractivity contribution >= 4 is 17.0 Å². The second-order valence-corrected chi connectivity index (χ2v) is 6.69. The lowest BCUT2D eigenvalue weighted by Crippen LogP contribution is -2.22. The first-order valence-electron chi connectivity index (χ1n) is 7.30. The highest BCUT2D eigenvalue weighted by Gasteiger charge is 2.17. The predicted octanol–water partition coefficient (Wildman–Crippen LogP) is 4.46. The zero-order chi connectivity index (χ0) is 15.8. The lowest BCUT2D eigenvalue weighted by Gasteiger charge is -2.24. The standard InChI is InChI=1S/C17H21N3OS/c1-17(2,7-4-8-18)12-19-14-5-3-6-16(9-14)21-10-15-11-22-13-20-15/h3,5-6,9,11,13,19H,4,7,10,12H2,1-2H3. The molecule has 0 aliphatic heterocycles. The minimum Gasteiger partial charge on any atom is -0.487 e. The maximum Gasteiger partial charge on any atom is 0.131 e. The molecule has 2 rings (SSSR count). The zero-order valence-corrected chi connectivity index (χ0v) is 13.8. The van der Waals surface area contributed by atoms with Crippen LogP contribution in [0.3, 0.4) is 0 Å². The van der Waals surface area contributed by atoms with Gasteiger partial charge in [-0.15, -0.1) is 11.3 Å². The Balaban J connectivity index is 1.87. The number of thiazole rings is 1. The van der Waals surface area contributed by atoms with Crippen molar-refractivity contribution in [3.05, 3.63) is 40.8 Å². The van der Waals surface area contributed by atoms with Crippen LogP contribution in [0.5, 0.6) is 5.75 Å². The van der Waals surface area contributed by atoms with Crippen LogP contribution in [0.4, 0.5) is 5.69 Å². The summed E-state index contributed by atoms with van der Waals surface area (Å²) in [6.07, 6.45) is 1.47. The summed E-state index contributed by atoms with van der Waals surface area (Å²) < 4.78 is 5.75. The van der Waals surface area contributed by atoms with Crippen LogP contribution in [0, 0.1) is 16.7 Å². The van der Waals surface area contributed by atoms with Crippen molar-refractivity contribution in [3.63, 3.8) is 0 Å². The SMILES string of the molecule is CC(C)(CCC#N)CNc1cccc(OCc2cscn2)c1. The number of nitriles is 1. The third-order valence-electron chi connectivity index (χ3n) is 3.39. The normalized spacial score (nSPS) is 11.0. The molecule has 0 unspecified atom stereocenters. The summed E-state index contributed by atoms with van der Waals surface area (Å²) >= 11 is 1.57. The summed E-state index contributed by atoms with van der Waals surface area (Å²) in [6, 6.07) is 10.1. The van der Waals surface area contributed by atoms with E-state index >= 15 is 0 Å². The van der Waals surface area contributed by atoms with Gasteiger partial charge >= 0.3 is 0 Å². The first-order chi connectivity index (χ1) is 10.6. The van der Waals surface area contributed by atoms with Gasteiger partial charge in [0.2, 0.25) is 0 Å². The number of rotatable bonds is 8. The van der Waals surface area contributed by atoms with Gasteiger partial charge in [0.05, 0.1) is 17.3 Å². The van der Waals surface area contributed by atoms with Gasteiger partial charge in [0, 0.05) is 30.1 Å². The molecule has 5 heteroatoms. The molecule has 1 aromatic carbocycles. The molecule has 0 atom stereocenters. The Hall–Kier alpha value is -2.06. The molecule has 22 heavy (non-hydrogen) atoms. The maximum atomic E-state index is 8.70. The number of hydrogen-bond acceptors (Lipinski definition) is 5. The topological polar surface area (TPSA) is 57.9 Å². The molecular weight excluding hydrogens is 294 g/mol. The van der Waals surface area contributed by atoms with E-state index < -0.39 is 0 Å². The van der Waals surface area contributed by atoms with E-state index in [0.29, 0.717) is 13.0 Å². The number of hydrogen-bond donors (Lipinski definition) is 1. The quantitative estimate of drug-likeness (QED) is 0.781. The molecule has 116 valence electrons.